The predicted molar refractivity (Wildman–Crippen MR) is 39.3 cm³/mol. The van der Waals surface area contributed by atoms with Crippen molar-refractivity contribution >= 4 is 5.87 Å². The van der Waals surface area contributed by atoms with Gasteiger partial charge in [-0.2, -0.15) is 15.8 Å². The fourth-order valence-corrected chi connectivity index (χ4v) is 0.426. The molecule has 0 atom stereocenters. The first-order valence-electron chi connectivity index (χ1n) is 2.71. The Morgan fingerprint density at radius 1 is 1.08 bits per heavy atom. The SMILES string of the molecule is N#CC(=C=N)C(N)=C(C#N)C#N. The van der Waals surface area contributed by atoms with E-state index < -0.39 is 0 Å². The highest BCUT2D eigenvalue weighted by molar-refractivity contribution is 5.70. The quantitative estimate of drug-likeness (QED) is 0.314. The first-order valence-corrected chi connectivity index (χ1v) is 2.71. The van der Waals surface area contributed by atoms with Gasteiger partial charge in [-0.25, -0.2) is 0 Å². The highest BCUT2D eigenvalue weighted by Gasteiger charge is 2.06. The van der Waals surface area contributed by atoms with Crippen LogP contribution in [-0.2, 0) is 0 Å². The lowest BCUT2D eigenvalue weighted by Gasteiger charge is -1.91. The van der Waals surface area contributed by atoms with E-state index in [1.54, 1.807) is 5.87 Å². The maximum Gasteiger partial charge on any atom is 0.154 e. The van der Waals surface area contributed by atoms with Crippen molar-refractivity contribution in [1.29, 1.82) is 21.2 Å². The first-order chi connectivity index (χ1) is 5.71. The smallest absolute Gasteiger partial charge is 0.154 e. The molecule has 0 aliphatic carbocycles. The zero-order chi connectivity index (χ0) is 9.56. The molecule has 0 unspecified atom stereocenters. The van der Waals surface area contributed by atoms with Gasteiger partial charge in [-0.05, 0) is 5.87 Å². The average molecular weight is 157 g/mol. The van der Waals surface area contributed by atoms with Crippen molar-refractivity contribution in [2.24, 2.45) is 5.73 Å². The van der Waals surface area contributed by atoms with Crippen LogP contribution in [0.5, 0.6) is 0 Å². The van der Waals surface area contributed by atoms with Crippen molar-refractivity contribution in [1.82, 2.24) is 0 Å². The van der Waals surface area contributed by atoms with Crippen molar-refractivity contribution < 1.29 is 0 Å². The minimum absolute atomic E-state index is 0.308. The molecule has 0 saturated carbocycles. The Labute approximate surface area is 68.8 Å². The lowest BCUT2D eigenvalue weighted by molar-refractivity contribution is 1.31. The number of hydrogen-bond acceptors (Lipinski definition) is 5. The standard InChI is InChI=1S/C7H3N5/c8-1-5(2-9)7(12)6(3-10)4-11/h8H,12H2. The topological polar surface area (TPSA) is 121 Å². The lowest BCUT2D eigenvalue weighted by Crippen LogP contribution is -2.03. The molecule has 0 radical (unpaired) electrons. The fourth-order valence-electron chi connectivity index (χ4n) is 0.426. The molecule has 0 fully saturated rings. The molecule has 56 valence electrons. The highest BCUT2D eigenvalue weighted by atomic mass is 14.6. The van der Waals surface area contributed by atoms with Gasteiger partial charge in [0.25, 0.3) is 0 Å². The zero-order valence-corrected chi connectivity index (χ0v) is 5.92. The third-order valence-corrected chi connectivity index (χ3v) is 0.999. The van der Waals surface area contributed by atoms with Gasteiger partial charge in [-0.3, -0.25) is 5.41 Å². The molecule has 0 aromatic heterocycles. The second kappa shape index (κ2) is 4.30. The van der Waals surface area contributed by atoms with E-state index >= 15 is 0 Å². The van der Waals surface area contributed by atoms with Crippen molar-refractivity contribution in [3.05, 3.63) is 16.8 Å². The third-order valence-electron chi connectivity index (χ3n) is 0.999. The van der Waals surface area contributed by atoms with Gasteiger partial charge in [0.05, 0.1) is 5.70 Å². The van der Waals surface area contributed by atoms with Crippen LogP contribution in [-0.4, -0.2) is 5.87 Å². The van der Waals surface area contributed by atoms with E-state index in [9.17, 15) is 0 Å². The number of nitrogens with two attached hydrogens (primary N) is 1. The van der Waals surface area contributed by atoms with E-state index in [1.165, 1.54) is 18.2 Å². The molecule has 0 aromatic rings. The summed E-state index contributed by atoms with van der Waals surface area (Å²) in [5, 5.41) is 31.6. The molecular weight excluding hydrogens is 154 g/mol. The minimum atomic E-state index is -0.383. The van der Waals surface area contributed by atoms with Crippen molar-refractivity contribution in [2.75, 3.05) is 0 Å². The van der Waals surface area contributed by atoms with Crippen LogP contribution in [0.1, 0.15) is 0 Å². The van der Waals surface area contributed by atoms with Crippen LogP contribution in [0, 0.1) is 39.4 Å². The Morgan fingerprint density at radius 3 is 1.83 bits per heavy atom. The highest BCUT2D eigenvalue weighted by Crippen LogP contribution is 2.03. The Bertz CT molecular complexity index is 373. The normalized spacial score (nSPS) is 6.42. The van der Waals surface area contributed by atoms with Crippen LogP contribution >= 0.6 is 0 Å². The molecule has 0 rings (SSSR count). The second-order valence-electron chi connectivity index (χ2n) is 1.62. The minimum Gasteiger partial charge on any atom is -0.395 e. The van der Waals surface area contributed by atoms with Crippen LogP contribution < -0.4 is 5.73 Å². The van der Waals surface area contributed by atoms with E-state index in [1.807, 2.05) is 0 Å². The van der Waals surface area contributed by atoms with E-state index in [0.29, 0.717) is 0 Å². The van der Waals surface area contributed by atoms with Crippen LogP contribution in [0.25, 0.3) is 0 Å². The van der Waals surface area contributed by atoms with Crippen LogP contribution in [0.15, 0.2) is 16.8 Å². The number of allylic oxidation sites excluding steroid dienone is 2. The molecule has 5 nitrogen and oxygen atoms in total. The summed E-state index contributed by atoms with van der Waals surface area (Å²) in [5.41, 5.74) is 4.19. The molecule has 0 amide bonds. The predicted octanol–water partition coefficient (Wildman–Crippen LogP) is -0.0552. The largest absolute Gasteiger partial charge is 0.395 e. The molecule has 0 saturated heterocycles. The van der Waals surface area contributed by atoms with Gasteiger partial charge in [-0.1, -0.05) is 0 Å². The lowest BCUT2D eigenvalue weighted by atomic mass is 10.1. The summed E-state index contributed by atoms with van der Waals surface area (Å²) in [5.74, 6) is 1.72. The Hall–Kier alpha value is -2.54. The Balaban J connectivity index is 5.40. The molecule has 0 aromatic carbocycles. The van der Waals surface area contributed by atoms with Crippen LogP contribution in [0.2, 0.25) is 0 Å². The summed E-state index contributed by atoms with van der Waals surface area (Å²) in [6.07, 6.45) is 0. The zero-order valence-electron chi connectivity index (χ0n) is 5.92. The molecular formula is C7H3N5. The summed E-state index contributed by atoms with van der Waals surface area (Å²) < 4.78 is 0. The molecule has 5 heteroatoms. The molecule has 0 aliphatic rings. The summed E-state index contributed by atoms with van der Waals surface area (Å²) in [7, 11) is 0. The van der Waals surface area contributed by atoms with Gasteiger partial charge < -0.3 is 5.73 Å². The fraction of sp³-hybridized carbons (Fsp3) is 0. The van der Waals surface area contributed by atoms with Crippen molar-refractivity contribution in [3.63, 3.8) is 0 Å². The van der Waals surface area contributed by atoms with Crippen molar-refractivity contribution in [2.45, 2.75) is 0 Å². The van der Waals surface area contributed by atoms with Crippen LogP contribution in [0.3, 0.4) is 0 Å². The number of nitrogens with zero attached hydrogens (tertiary/aromatic N) is 3. The number of hydrogen-bond donors (Lipinski definition) is 2. The van der Waals surface area contributed by atoms with E-state index in [2.05, 4.69) is 0 Å². The van der Waals surface area contributed by atoms with Crippen molar-refractivity contribution in [3.8, 4) is 18.2 Å². The third kappa shape index (κ3) is 1.72. The monoisotopic (exact) mass is 157 g/mol. The molecule has 3 N–H and O–H groups in total. The Kier molecular flexibility index (Phi) is 3.39. The number of rotatable bonds is 1. The molecule has 12 heavy (non-hydrogen) atoms. The molecule has 0 spiro atoms. The average Bonchev–Trinajstić information content (AvgIpc) is 2.09. The van der Waals surface area contributed by atoms with Gasteiger partial charge in [-0.15, -0.1) is 0 Å². The maximum absolute atomic E-state index is 8.33. The Morgan fingerprint density at radius 2 is 1.58 bits per heavy atom. The van der Waals surface area contributed by atoms with E-state index in [-0.39, 0.29) is 16.8 Å². The molecule has 0 heterocycles. The van der Waals surface area contributed by atoms with E-state index in [0.717, 1.165) is 0 Å². The first kappa shape index (κ1) is 9.46. The number of nitrogens with one attached hydrogen (secondary N) is 1. The summed E-state index contributed by atoms with van der Waals surface area (Å²) in [6.45, 7) is 0. The van der Waals surface area contributed by atoms with Gasteiger partial charge in [0.2, 0.25) is 0 Å². The summed E-state index contributed by atoms with van der Waals surface area (Å²) in [6, 6.07) is 4.53. The van der Waals surface area contributed by atoms with Gasteiger partial charge in [0.15, 0.2) is 5.57 Å². The van der Waals surface area contributed by atoms with Gasteiger partial charge in [0.1, 0.15) is 23.8 Å². The maximum atomic E-state index is 8.33. The van der Waals surface area contributed by atoms with Gasteiger partial charge in [0, 0.05) is 0 Å². The van der Waals surface area contributed by atoms with Gasteiger partial charge >= 0.3 is 0 Å². The summed E-state index contributed by atoms with van der Waals surface area (Å²) >= 11 is 0. The second-order valence-corrected chi connectivity index (χ2v) is 1.62. The number of nitriles is 3. The molecule has 0 aliphatic heterocycles. The molecule has 0 bridgehead atoms. The van der Waals surface area contributed by atoms with E-state index in [4.69, 9.17) is 26.9 Å². The summed E-state index contributed by atoms with van der Waals surface area (Å²) in [4.78, 5) is 0. The van der Waals surface area contributed by atoms with Crippen LogP contribution in [0.4, 0.5) is 0 Å².